The highest BCUT2D eigenvalue weighted by molar-refractivity contribution is 5.72. The van der Waals surface area contributed by atoms with E-state index in [1.807, 2.05) is 43.3 Å². The van der Waals surface area contributed by atoms with Gasteiger partial charge in [-0.25, -0.2) is 23.0 Å². The molecule has 0 saturated carbocycles. The van der Waals surface area contributed by atoms with E-state index in [-0.39, 0.29) is 17.2 Å². The molecule has 11 heteroatoms. The van der Waals surface area contributed by atoms with E-state index in [0.29, 0.717) is 34.9 Å². The molecular weight excluding hydrogens is 466 g/mol. The minimum atomic E-state index is -3.16. The second kappa shape index (κ2) is 9.14. The number of alkyl halides is 2. The maximum atomic E-state index is 14.1. The van der Waals surface area contributed by atoms with Gasteiger partial charge in [0.2, 0.25) is 0 Å². The molecule has 0 N–H and O–H groups in total. The Hall–Kier alpha value is -4.72. The summed E-state index contributed by atoms with van der Waals surface area (Å²) in [6.07, 6.45) is 2.86. The van der Waals surface area contributed by atoms with Crippen LogP contribution in [-0.2, 0) is 12.5 Å². The Kier molecular flexibility index (Phi) is 5.85. The van der Waals surface area contributed by atoms with Gasteiger partial charge in [0.05, 0.1) is 29.7 Å². The average molecular weight is 486 g/mol. The Balaban J connectivity index is 1.50. The number of halogens is 2. The van der Waals surface area contributed by atoms with E-state index < -0.39 is 5.92 Å². The van der Waals surface area contributed by atoms with Crippen molar-refractivity contribution in [2.45, 2.75) is 32.4 Å². The van der Waals surface area contributed by atoms with Gasteiger partial charge in [-0.05, 0) is 41.6 Å². The topological polar surface area (TPSA) is 107 Å². The van der Waals surface area contributed by atoms with E-state index in [1.54, 1.807) is 21.3 Å². The number of nitriles is 1. The van der Waals surface area contributed by atoms with E-state index in [4.69, 9.17) is 9.84 Å². The molecule has 2 aromatic carbocycles. The summed E-state index contributed by atoms with van der Waals surface area (Å²) >= 11 is 0. The number of rotatable bonds is 7. The summed E-state index contributed by atoms with van der Waals surface area (Å²) in [5, 5.41) is 25.5. The lowest BCUT2D eigenvalue weighted by molar-refractivity contribution is 0.0172. The van der Waals surface area contributed by atoms with E-state index in [2.05, 4.69) is 20.5 Å². The summed E-state index contributed by atoms with van der Waals surface area (Å²) in [5.41, 5.74) is 2.27. The normalized spacial score (nSPS) is 12.4. The SMILES string of the molecule is CC(Cn1cnnn1)Oc1cccc(-c2ccc3ncc(-c4cccc(C(C)(F)F)c4C#N)n3n2)c1. The number of nitrogens with zero attached hydrogens (tertiary/aromatic N) is 8. The van der Waals surface area contributed by atoms with E-state index >= 15 is 0 Å². The molecule has 0 bridgehead atoms. The number of aromatic nitrogens is 7. The van der Waals surface area contributed by atoms with Crippen LogP contribution in [0.15, 0.2) is 67.1 Å². The van der Waals surface area contributed by atoms with Gasteiger partial charge in [-0.1, -0.05) is 30.3 Å². The summed E-state index contributed by atoms with van der Waals surface area (Å²) in [6.45, 7) is 3.17. The van der Waals surface area contributed by atoms with Crippen molar-refractivity contribution in [3.05, 3.63) is 78.2 Å². The van der Waals surface area contributed by atoms with Crippen LogP contribution in [0.3, 0.4) is 0 Å². The molecule has 0 fully saturated rings. The minimum Gasteiger partial charge on any atom is -0.489 e. The summed E-state index contributed by atoms with van der Waals surface area (Å²) in [5.74, 6) is -2.52. The Bertz CT molecular complexity index is 1570. The van der Waals surface area contributed by atoms with E-state index in [1.165, 1.54) is 24.7 Å². The van der Waals surface area contributed by atoms with Crippen molar-refractivity contribution in [3.8, 4) is 34.3 Å². The van der Waals surface area contributed by atoms with Crippen LogP contribution in [-0.4, -0.2) is 40.9 Å². The molecule has 1 unspecified atom stereocenters. The molecule has 0 aliphatic rings. The van der Waals surface area contributed by atoms with Gasteiger partial charge >= 0.3 is 0 Å². The first-order valence-electron chi connectivity index (χ1n) is 11.1. The quantitative estimate of drug-likeness (QED) is 0.333. The van der Waals surface area contributed by atoms with Crippen LogP contribution in [0.1, 0.15) is 25.0 Å². The minimum absolute atomic E-state index is 0.106. The zero-order valence-electron chi connectivity index (χ0n) is 19.4. The molecule has 1 atom stereocenters. The molecule has 9 nitrogen and oxygen atoms in total. The summed E-state index contributed by atoms with van der Waals surface area (Å²) in [6, 6.07) is 17.4. The summed E-state index contributed by atoms with van der Waals surface area (Å²) < 4.78 is 37.4. The van der Waals surface area contributed by atoms with Crippen LogP contribution >= 0.6 is 0 Å². The smallest absolute Gasteiger partial charge is 0.271 e. The largest absolute Gasteiger partial charge is 0.489 e. The van der Waals surface area contributed by atoms with Crippen LogP contribution in [0.25, 0.3) is 28.2 Å². The Labute approximate surface area is 204 Å². The van der Waals surface area contributed by atoms with Gasteiger partial charge in [0, 0.05) is 23.6 Å². The van der Waals surface area contributed by atoms with Crippen molar-refractivity contribution < 1.29 is 13.5 Å². The molecule has 3 aromatic heterocycles. The number of benzene rings is 2. The van der Waals surface area contributed by atoms with Gasteiger partial charge in [-0.2, -0.15) is 10.4 Å². The first kappa shape index (κ1) is 23.0. The lowest BCUT2D eigenvalue weighted by Gasteiger charge is -2.15. The zero-order valence-corrected chi connectivity index (χ0v) is 19.4. The number of hydrogen-bond donors (Lipinski definition) is 0. The second-order valence-corrected chi connectivity index (χ2v) is 8.35. The number of hydrogen-bond acceptors (Lipinski definition) is 7. The maximum Gasteiger partial charge on any atom is 0.271 e. The van der Waals surface area contributed by atoms with Crippen LogP contribution in [0.2, 0.25) is 0 Å². The molecule has 0 radical (unpaired) electrons. The fraction of sp³-hybridized carbons (Fsp3) is 0.200. The lowest BCUT2D eigenvalue weighted by Crippen LogP contribution is -2.20. The predicted molar refractivity (Wildman–Crippen MR) is 126 cm³/mol. The van der Waals surface area contributed by atoms with Gasteiger partial charge in [0.15, 0.2) is 5.65 Å². The Morgan fingerprint density at radius 1 is 1.14 bits per heavy atom. The zero-order chi connectivity index (χ0) is 25.3. The third-order valence-corrected chi connectivity index (χ3v) is 5.59. The molecule has 0 amide bonds. The number of fused-ring (bicyclic) bond motifs is 1. The molecule has 0 spiro atoms. The summed E-state index contributed by atoms with van der Waals surface area (Å²) in [7, 11) is 0. The van der Waals surface area contributed by atoms with Crippen molar-refractivity contribution >= 4 is 5.65 Å². The van der Waals surface area contributed by atoms with Crippen LogP contribution in [0.4, 0.5) is 8.78 Å². The van der Waals surface area contributed by atoms with Crippen LogP contribution < -0.4 is 4.74 Å². The van der Waals surface area contributed by atoms with E-state index in [9.17, 15) is 14.0 Å². The Morgan fingerprint density at radius 2 is 1.97 bits per heavy atom. The van der Waals surface area contributed by atoms with Crippen molar-refractivity contribution in [2.75, 3.05) is 0 Å². The van der Waals surface area contributed by atoms with Gasteiger partial charge in [0.1, 0.15) is 24.3 Å². The fourth-order valence-electron chi connectivity index (χ4n) is 3.99. The van der Waals surface area contributed by atoms with Crippen molar-refractivity contribution in [3.63, 3.8) is 0 Å². The van der Waals surface area contributed by atoms with Gasteiger partial charge in [0.25, 0.3) is 5.92 Å². The molecule has 3 heterocycles. The Morgan fingerprint density at radius 3 is 2.72 bits per heavy atom. The monoisotopic (exact) mass is 486 g/mol. The van der Waals surface area contributed by atoms with Crippen molar-refractivity contribution in [2.24, 2.45) is 0 Å². The van der Waals surface area contributed by atoms with Crippen molar-refractivity contribution in [1.29, 1.82) is 5.26 Å². The van der Waals surface area contributed by atoms with Crippen LogP contribution in [0, 0.1) is 11.3 Å². The fourth-order valence-corrected chi connectivity index (χ4v) is 3.99. The third-order valence-electron chi connectivity index (χ3n) is 5.59. The molecular formula is C25H20F2N8O. The van der Waals surface area contributed by atoms with Gasteiger partial charge in [-0.3, -0.25) is 0 Å². The third kappa shape index (κ3) is 4.48. The molecule has 0 saturated heterocycles. The number of tetrazole rings is 1. The van der Waals surface area contributed by atoms with Gasteiger partial charge < -0.3 is 4.74 Å². The van der Waals surface area contributed by atoms with Crippen molar-refractivity contribution in [1.82, 2.24) is 34.8 Å². The molecule has 0 aliphatic heterocycles. The van der Waals surface area contributed by atoms with Crippen LogP contribution in [0.5, 0.6) is 5.75 Å². The standard InChI is InChI=1S/C25H20F2N8O/c1-16(14-34-15-30-32-33-34)36-18-6-3-5-17(11-18)22-9-10-24-29-13-23(35(24)31-22)19-7-4-8-21(20(19)12-28)25(2,26)27/h3-11,13,15-16H,14H2,1-2H3. The molecule has 5 rings (SSSR count). The predicted octanol–water partition coefficient (Wildman–Crippen LogP) is 4.50. The van der Waals surface area contributed by atoms with Gasteiger partial charge in [-0.15, -0.1) is 5.10 Å². The second-order valence-electron chi connectivity index (χ2n) is 8.35. The first-order valence-corrected chi connectivity index (χ1v) is 11.1. The first-order chi connectivity index (χ1) is 17.3. The lowest BCUT2D eigenvalue weighted by atomic mass is 9.96. The highest BCUT2D eigenvalue weighted by atomic mass is 19.3. The number of ether oxygens (including phenoxy) is 1. The highest BCUT2D eigenvalue weighted by Gasteiger charge is 2.29. The summed E-state index contributed by atoms with van der Waals surface area (Å²) in [4.78, 5) is 4.35. The number of imidazole rings is 1. The van der Waals surface area contributed by atoms with E-state index in [0.717, 1.165) is 12.5 Å². The molecule has 5 aromatic rings. The molecule has 180 valence electrons. The highest BCUT2D eigenvalue weighted by Crippen LogP contribution is 2.35. The molecule has 0 aliphatic carbocycles. The maximum absolute atomic E-state index is 14.1. The molecule has 36 heavy (non-hydrogen) atoms. The average Bonchev–Trinajstić information content (AvgIpc) is 3.52.